The lowest BCUT2D eigenvalue weighted by Gasteiger charge is -2.13. The van der Waals surface area contributed by atoms with Crippen LogP contribution in [0.4, 0.5) is 5.82 Å². The predicted octanol–water partition coefficient (Wildman–Crippen LogP) is 3.61. The van der Waals surface area contributed by atoms with Gasteiger partial charge in [0, 0.05) is 16.5 Å². The van der Waals surface area contributed by atoms with Crippen molar-refractivity contribution in [3.63, 3.8) is 0 Å². The SMILES string of the molecule is O=c1nc(NC2CC2)c2ccc(Cl)cc2n1-c1ccccc1. The summed E-state index contributed by atoms with van der Waals surface area (Å²) in [7, 11) is 0. The Balaban J connectivity index is 2.02. The fraction of sp³-hybridized carbons (Fsp3) is 0.176. The first-order chi connectivity index (χ1) is 10.7. The van der Waals surface area contributed by atoms with Crippen molar-refractivity contribution >= 4 is 28.3 Å². The maximum Gasteiger partial charge on any atom is 0.354 e. The molecule has 1 heterocycles. The summed E-state index contributed by atoms with van der Waals surface area (Å²) in [6.07, 6.45) is 2.25. The number of anilines is 1. The summed E-state index contributed by atoms with van der Waals surface area (Å²) in [5.41, 5.74) is 1.25. The van der Waals surface area contributed by atoms with Crippen LogP contribution in [-0.2, 0) is 0 Å². The van der Waals surface area contributed by atoms with Gasteiger partial charge in [0.05, 0.1) is 11.2 Å². The molecule has 4 rings (SSSR count). The van der Waals surface area contributed by atoms with E-state index < -0.39 is 0 Å². The van der Waals surface area contributed by atoms with E-state index in [0.717, 1.165) is 29.4 Å². The van der Waals surface area contributed by atoms with Crippen molar-refractivity contribution in [2.75, 3.05) is 5.32 Å². The molecule has 5 heteroatoms. The lowest BCUT2D eigenvalue weighted by atomic mass is 10.2. The van der Waals surface area contributed by atoms with Crippen LogP contribution in [0.3, 0.4) is 0 Å². The molecule has 0 saturated heterocycles. The molecule has 0 atom stereocenters. The number of hydrogen-bond acceptors (Lipinski definition) is 3. The van der Waals surface area contributed by atoms with Crippen molar-refractivity contribution in [1.29, 1.82) is 0 Å². The summed E-state index contributed by atoms with van der Waals surface area (Å²) in [6.45, 7) is 0. The molecule has 4 nitrogen and oxygen atoms in total. The van der Waals surface area contributed by atoms with Gasteiger partial charge in [0.15, 0.2) is 0 Å². The zero-order valence-electron chi connectivity index (χ0n) is 11.8. The fourth-order valence-corrected chi connectivity index (χ4v) is 2.72. The number of halogens is 1. The lowest BCUT2D eigenvalue weighted by Crippen LogP contribution is -2.23. The number of benzene rings is 2. The van der Waals surface area contributed by atoms with E-state index in [4.69, 9.17) is 11.6 Å². The topological polar surface area (TPSA) is 46.9 Å². The highest BCUT2D eigenvalue weighted by Crippen LogP contribution is 2.29. The van der Waals surface area contributed by atoms with Gasteiger partial charge in [-0.1, -0.05) is 29.8 Å². The van der Waals surface area contributed by atoms with Gasteiger partial charge in [0.2, 0.25) is 0 Å². The first kappa shape index (κ1) is 13.3. The van der Waals surface area contributed by atoms with Crippen LogP contribution < -0.4 is 11.0 Å². The molecular formula is C17H14ClN3O. The average molecular weight is 312 g/mol. The Morgan fingerprint density at radius 1 is 1.14 bits per heavy atom. The van der Waals surface area contributed by atoms with E-state index in [0.29, 0.717) is 16.9 Å². The van der Waals surface area contributed by atoms with E-state index in [1.165, 1.54) is 0 Å². The molecule has 1 N–H and O–H groups in total. The standard InChI is InChI=1S/C17H14ClN3O/c18-11-6-9-14-15(10-11)21(13-4-2-1-3-5-13)17(22)20-16(14)19-12-7-8-12/h1-6,9-10,12H,7-8H2,(H,19,20,22). The Labute approximate surface area is 132 Å². The number of aromatic nitrogens is 2. The third-order valence-corrected chi connectivity index (χ3v) is 4.02. The zero-order valence-corrected chi connectivity index (χ0v) is 12.5. The summed E-state index contributed by atoms with van der Waals surface area (Å²) < 4.78 is 1.60. The molecule has 0 radical (unpaired) electrons. The Bertz CT molecular complexity index is 901. The van der Waals surface area contributed by atoms with Crippen molar-refractivity contribution in [2.45, 2.75) is 18.9 Å². The van der Waals surface area contributed by atoms with Gasteiger partial charge < -0.3 is 5.32 Å². The van der Waals surface area contributed by atoms with Gasteiger partial charge >= 0.3 is 5.69 Å². The second-order valence-electron chi connectivity index (χ2n) is 5.49. The summed E-state index contributed by atoms with van der Waals surface area (Å²) in [6, 6.07) is 15.5. The molecule has 22 heavy (non-hydrogen) atoms. The Hall–Kier alpha value is -2.33. The molecule has 0 unspecified atom stereocenters. The minimum Gasteiger partial charge on any atom is -0.367 e. The van der Waals surface area contributed by atoms with E-state index in [2.05, 4.69) is 10.3 Å². The molecule has 0 amide bonds. The first-order valence-electron chi connectivity index (χ1n) is 7.27. The van der Waals surface area contributed by atoms with Crippen LogP contribution in [0.15, 0.2) is 53.3 Å². The number of hydrogen-bond donors (Lipinski definition) is 1. The number of nitrogens with one attached hydrogen (secondary N) is 1. The van der Waals surface area contributed by atoms with Gasteiger partial charge in [-0.2, -0.15) is 4.98 Å². The highest BCUT2D eigenvalue weighted by Gasteiger charge is 2.23. The molecule has 1 aliphatic rings. The van der Waals surface area contributed by atoms with E-state index in [1.807, 2.05) is 48.5 Å². The monoisotopic (exact) mass is 311 g/mol. The second kappa shape index (κ2) is 5.14. The van der Waals surface area contributed by atoms with Crippen molar-refractivity contribution in [3.8, 4) is 5.69 Å². The highest BCUT2D eigenvalue weighted by molar-refractivity contribution is 6.31. The maximum absolute atomic E-state index is 12.5. The highest BCUT2D eigenvalue weighted by atomic mass is 35.5. The quantitative estimate of drug-likeness (QED) is 0.803. The molecule has 1 aliphatic carbocycles. The molecule has 0 bridgehead atoms. The van der Waals surface area contributed by atoms with Crippen molar-refractivity contribution < 1.29 is 0 Å². The van der Waals surface area contributed by atoms with Gasteiger partial charge in [-0.3, -0.25) is 4.57 Å². The average Bonchev–Trinajstić information content (AvgIpc) is 3.32. The lowest BCUT2D eigenvalue weighted by molar-refractivity contribution is 0.952. The van der Waals surface area contributed by atoms with Gasteiger partial charge in [-0.15, -0.1) is 0 Å². The zero-order chi connectivity index (χ0) is 15.1. The van der Waals surface area contributed by atoms with E-state index >= 15 is 0 Å². The molecule has 2 aromatic carbocycles. The molecule has 1 saturated carbocycles. The van der Waals surface area contributed by atoms with E-state index in [-0.39, 0.29) is 5.69 Å². The normalized spacial score (nSPS) is 14.2. The Kier molecular flexibility index (Phi) is 3.12. The number of fused-ring (bicyclic) bond motifs is 1. The van der Waals surface area contributed by atoms with Gasteiger partial charge in [-0.25, -0.2) is 4.79 Å². The minimum atomic E-state index is -0.302. The van der Waals surface area contributed by atoms with Crippen LogP contribution in [0.25, 0.3) is 16.6 Å². The summed E-state index contributed by atoms with van der Waals surface area (Å²) in [5.74, 6) is 0.645. The van der Waals surface area contributed by atoms with Gasteiger partial charge in [0.25, 0.3) is 0 Å². The van der Waals surface area contributed by atoms with Crippen LogP contribution in [-0.4, -0.2) is 15.6 Å². The maximum atomic E-state index is 12.5. The molecule has 1 aromatic heterocycles. The van der Waals surface area contributed by atoms with Crippen LogP contribution in [0.1, 0.15) is 12.8 Å². The van der Waals surface area contributed by atoms with Crippen molar-refractivity contribution in [3.05, 3.63) is 64.0 Å². The van der Waals surface area contributed by atoms with Crippen LogP contribution in [0.2, 0.25) is 5.02 Å². The number of rotatable bonds is 3. The van der Waals surface area contributed by atoms with Gasteiger partial charge in [0.1, 0.15) is 5.82 Å². The number of para-hydroxylation sites is 1. The van der Waals surface area contributed by atoms with Gasteiger partial charge in [-0.05, 0) is 43.2 Å². The summed E-state index contributed by atoms with van der Waals surface area (Å²) >= 11 is 6.14. The molecule has 110 valence electrons. The Morgan fingerprint density at radius 2 is 1.91 bits per heavy atom. The Morgan fingerprint density at radius 3 is 2.64 bits per heavy atom. The third kappa shape index (κ3) is 2.35. The van der Waals surface area contributed by atoms with Crippen molar-refractivity contribution in [2.24, 2.45) is 0 Å². The first-order valence-corrected chi connectivity index (χ1v) is 7.64. The molecule has 1 fully saturated rings. The predicted molar refractivity (Wildman–Crippen MR) is 89.0 cm³/mol. The summed E-state index contributed by atoms with van der Waals surface area (Å²) in [4.78, 5) is 16.8. The molecule has 0 spiro atoms. The molecule has 3 aromatic rings. The fourth-order valence-electron chi connectivity index (χ4n) is 2.56. The second-order valence-corrected chi connectivity index (χ2v) is 5.93. The smallest absolute Gasteiger partial charge is 0.354 e. The number of nitrogens with zero attached hydrogens (tertiary/aromatic N) is 2. The minimum absolute atomic E-state index is 0.302. The molecule has 0 aliphatic heterocycles. The summed E-state index contributed by atoms with van der Waals surface area (Å²) in [5, 5.41) is 4.83. The van der Waals surface area contributed by atoms with Crippen LogP contribution in [0.5, 0.6) is 0 Å². The van der Waals surface area contributed by atoms with Crippen molar-refractivity contribution in [1.82, 2.24) is 9.55 Å². The largest absolute Gasteiger partial charge is 0.367 e. The molecular weight excluding hydrogens is 298 g/mol. The van der Waals surface area contributed by atoms with E-state index in [1.54, 1.807) is 4.57 Å². The van der Waals surface area contributed by atoms with Crippen LogP contribution in [0, 0.1) is 0 Å². The third-order valence-electron chi connectivity index (χ3n) is 3.79. The van der Waals surface area contributed by atoms with Crippen LogP contribution >= 0.6 is 11.6 Å². The van der Waals surface area contributed by atoms with E-state index in [9.17, 15) is 4.79 Å².